The third kappa shape index (κ3) is 2.80. The second-order valence-corrected chi connectivity index (χ2v) is 5.78. The Morgan fingerprint density at radius 2 is 1.72 bits per heavy atom. The summed E-state index contributed by atoms with van der Waals surface area (Å²) >= 11 is 0. The Kier molecular flexibility index (Phi) is 3.82. The van der Waals surface area contributed by atoms with Gasteiger partial charge in [-0.3, -0.25) is 0 Å². The Labute approximate surface area is 145 Å². The van der Waals surface area contributed by atoms with E-state index in [1.807, 2.05) is 24.3 Å². The fraction of sp³-hybridized carbons (Fsp3) is 0.100. The number of para-hydroxylation sites is 1. The summed E-state index contributed by atoms with van der Waals surface area (Å²) in [6.07, 6.45) is 5.87. The largest absolute Gasteiger partial charge is 0.384 e. The Balaban J connectivity index is 1.96. The van der Waals surface area contributed by atoms with Crippen LogP contribution in [0.25, 0.3) is 33.3 Å². The van der Waals surface area contributed by atoms with Crippen molar-refractivity contribution in [3.63, 3.8) is 0 Å². The number of nitrogens with two attached hydrogens (primary N) is 1. The van der Waals surface area contributed by atoms with Crippen molar-refractivity contribution in [1.29, 1.82) is 0 Å². The highest BCUT2D eigenvalue weighted by Crippen LogP contribution is 2.31. The quantitative estimate of drug-likeness (QED) is 0.617. The van der Waals surface area contributed by atoms with Crippen LogP contribution >= 0.6 is 0 Å². The maximum atomic E-state index is 5.85. The second kappa shape index (κ2) is 6.28. The summed E-state index contributed by atoms with van der Waals surface area (Å²) < 4.78 is 0. The van der Waals surface area contributed by atoms with Gasteiger partial charge in [-0.05, 0) is 24.6 Å². The summed E-state index contributed by atoms with van der Waals surface area (Å²) in [6.45, 7) is 2.08. The Morgan fingerprint density at radius 1 is 0.880 bits per heavy atom. The van der Waals surface area contributed by atoms with Crippen molar-refractivity contribution < 1.29 is 0 Å². The monoisotopic (exact) mass is 327 g/mol. The van der Waals surface area contributed by atoms with Crippen LogP contribution in [-0.4, -0.2) is 19.9 Å². The Morgan fingerprint density at radius 3 is 2.52 bits per heavy atom. The number of hydrogen-bond donors (Lipinski definition) is 1. The second-order valence-electron chi connectivity index (χ2n) is 5.78. The molecule has 0 saturated carbocycles. The number of rotatable bonds is 3. The summed E-state index contributed by atoms with van der Waals surface area (Å²) in [5.74, 6) is 0.538. The van der Waals surface area contributed by atoms with E-state index in [-0.39, 0.29) is 0 Å². The number of aryl methyl sites for hydroxylation is 1. The zero-order valence-electron chi connectivity index (χ0n) is 13.8. The lowest BCUT2D eigenvalue weighted by Crippen LogP contribution is -1.98. The minimum Gasteiger partial charge on any atom is -0.384 e. The van der Waals surface area contributed by atoms with Gasteiger partial charge >= 0.3 is 0 Å². The molecule has 0 aliphatic carbocycles. The lowest BCUT2D eigenvalue weighted by molar-refractivity contribution is 1.05. The topological polar surface area (TPSA) is 77.6 Å². The summed E-state index contributed by atoms with van der Waals surface area (Å²) in [6, 6.07) is 14.1. The minimum absolute atomic E-state index is 0.538. The number of nitrogens with zero attached hydrogens (tertiary/aromatic N) is 4. The molecule has 122 valence electrons. The molecule has 1 aromatic carbocycles. The van der Waals surface area contributed by atoms with Gasteiger partial charge in [0.25, 0.3) is 0 Å². The van der Waals surface area contributed by atoms with E-state index in [4.69, 9.17) is 10.7 Å². The molecular weight excluding hydrogens is 310 g/mol. The summed E-state index contributed by atoms with van der Waals surface area (Å²) in [7, 11) is 0. The van der Waals surface area contributed by atoms with Gasteiger partial charge in [0.05, 0.1) is 16.9 Å². The molecule has 5 heteroatoms. The molecule has 25 heavy (non-hydrogen) atoms. The summed E-state index contributed by atoms with van der Waals surface area (Å²) in [5, 5.41) is 1.08. The molecule has 5 nitrogen and oxygen atoms in total. The number of hydrogen-bond acceptors (Lipinski definition) is 5. The molecule has 0 unspecified atom stereocenters. The highest BCUT2D eigenvalue weighted by molar-refractivity contribution is 5.95. The summed E-state index contributed by atoms with van der Waals surface area (Å²) in [5.41, 5.74) is 11.6. The van der Waals surface area contributed by atoms with E-state index < -0.39 is 0 Å². The minimum atomic E-state index is 0.538. The first-order chi connectivity index (χ1) is 12.3. The molecule has 0 radical (unpaired) electrons. The molecule has 0 spiro atoms. The first-order valence-electron chi connectivity index (χ1n) is 8.17. The van der Waals surface area contributed by atoms with Crippen LogP contribution < -0.4 is 5.73 Å². The van der Waals surface area contributed by atoms with Crippen molar-refractivity contribution in [2.45, 2.75) is 13.3 Å². The van der Waals surface area contributed by atoms with Crippen molar-refractivity contribution >= 4 is 16.7 Å². The van der Waals surface area contributed by atoms with Crippen molar-refractivity contribution in [1.82, 2.24) is 19.9 Å². The van der Waals surface area contributed by atoms with E-state index in [9.17, 15) is 0 Å². The van der Waals surface area contributed by atoms with Crippen LogP contribution in [0.5, 0.6) is 0 Å². The molecule has 0 fully saturated rings. The van der Waals surface area contributed by atoms with Gasteiger partial charge in [0.1, 0.15) is 12.1 Å². The van der Waals surface area contributed by atoms with Gasteiger partial charge in [-0.1, -0.05) is 31.2 Å². The number of aromatic nitrogens is 4. The first kappa shape index (κ1) is 15.2. The highest BCUT2D eigenvalue weighted by Gasteiger charge is 2.11. The SMILES string of the molecule is CCc1nc(N)ccc1-c1cccc2ccc(-c3cncnc3)nc12. The van der Waals surface area contributed by atoms with Gasteiger partial charge < -0.3 is 5.73 Å². The molecule has 0 amide bonds. The molecule has 0 bridgehead atoms. The van der Waals surface area contributed by atoms with Crippen LogP contribution in [0.3, 0.4) is 0 Å². The number of benzene rings is 1. The normalized spacial score (nSPS) is 10.9. The third-order valence-electron chi connectivity index (χ3n) is 4.20. The number of pyridine rings is 2. The molecule has 0 aliphatic heterocycles. The van der Waals surface area contributed by atoms with Crippen LogP contribution in [0.2, 0.25) is 0 Å². The lowest BCUT2D eigenvalue weighted by Gasteiger charge is -2.11. The van der Waals surface area contributed by atoms with Crippen molar-refractivity contribution in [2.75, 3.05) is 5.73 Å². The Bertz CT molecular complexity index is 1040. The van der Waals surface area contributed by atoms with Crippen molar-refractivity contribution in [2.24, 2.45) is 0 Å². The standard InChI is InChI=1S/C20H17N5/c1-2-17-15(7-9-19(21)24-17)16-5-3-4-13-6-8-18(25-20(13)16)14-10-22-12-23-11-14/h3-12H,2H2,1H3,(H2,21,24). The first-order valence-corrected chi connectivity index (χ1v) is 8.17. The van der Waals surface area contributed by atoms with E-state index in [0.29, 0.717) is 5.82 Å². The molecule has 3 aromatic heterocycles. The fourth-order valence-corrected chi connectivity index (χ4v) is 2.99. The number of fused-ring (bicyclic) bond motifs is 1. The van der Waals surface area contributed by atoms with Gasteiger partial charge in [0.15, 0.2) is 0 Å². The van der Waals surface area contributed by atoms with Crippen LogP contribution in [0, 0.1) is 0 Å². The molecule has 0 aliphatic rings. The predicted octanol–water partition coefficient (Wildman–Crippen LogP) is 3.90. The molecule has 2 N–H and O–H groups in total. The van der Waals surface area contributed by atoms with E-state index >= 15 is 0 Å². The third-order valence-corrected chi connectivity index (χ3v) is 4.20. The molecule has 0 atom stereocenters. The predicted molar refractivity (Wildman–Crippen MR) is 99.8 cm³/mol. The zero-order valence-corrected chi connectivity index (χ0v) is 13.8. The number of nitrogen functional groups attached to an aromatic ring is 1. The van der Waals surface area contributed by atoms with Gasteiger partial charge in [0, 0.05) is 34.5 Å². The zero-order chi connectivity index (χ0) is 17.2. The van der Waals surface area contributed by atoms with E-state index in [1.165, 1.54) is 6.33 Å². The smallest absolute Gasteiger partial charge is 0.123 e. The van der Waals surface area contributed by atoms with Crippen LogP contribution in [0.15, 0.2) is 61.2 Å². The molecule has 4 rings (SSSR count). The van der Waals surface area contributed by atoms with Gasteiger partial charge in [-0.2, -0.15) is 0 Å². The maximum Gasteiger partial charge on any atom is 0.123 e. The number of anilines is 1. The van der Waals surface area contributed by atoms with Crippen LogP contribution in [0.4, 0.5) is 5.82 Å². The van der Waals surface area contributed by atoms with Crippen LogP contribution in [0.1, 0.15) is 12.6 Å². The fourth-order valence-electron chi connectivity index (χ4n) is 2.99. The highest BCUT2D eigenvalue weighted by atomic mass is 14.8. The van der Waals surface area contributed by atoms with E-state index in [1.54, 1.807) is 12.4 Å². The molecule has 0 saturated heterocycles. The van der Waals surface area contributed by atoms with Crippen molar-refractivity contribution in [3.8, 4) is 22.4 Å². The average Bonchev–Trinajstić information content (AvgIpc) is 2.68. The van der Waals surface area contributed by atoms with Gasteiger partial charge in [-0.15, -0.1) is 0 Å². The van der Waals surface area contributed by atoms with Gasteiger partial charge in [-0.25, -0.2) is 19.9 Å². The average molecular weight is 327 g/mol. The van der Waals surface area contributed by atoms with Crippen LogP contribution in [-0.2, 0) is 6.42 Å². The molecule has 3 heterocycles. The van der Waals surface area contributed by atoms with Gasteiger partial charge in [0.2, 0.25) is 0 Å². The van der Waals surface area contributed by atoms with Crippen molar-refractivity contribution in [3.05, 3.63) is 66.9 Å². The van der Waals surface area contributed by atoms with E-state index in [0.717, 1.165) is 45.4 Å². The Hall–Kier alpha value is -3.34. The lowest BCUT2D eigenvalue weighted by atomic mass is 9.99. The summed E-state index contributed by atoms with van der Waals surface area (Å²) in [4.78, 5) is 17.5. The molecule has 4 aromatic rings. The molecular formula is C20H17N5. The van der Waals surface area contributed by atoms with E-state index in [2.05, 4.69) is 40.1 Å². The maximum absolute atomic E-state index is 5.85.